The first-order valence-electron chi connectivity index (χ1n) is 6.63. The average Bonchev–Trinajstić information content (AvgIpc) is 2.92. The van der Waals surface area contributed by atoms with Crippen LogP contribution in [0.1, 0.15) is 25.5 Å². The zero-order chi connectivity index (χ0) is 11.7. The largest absolute Gasteiger partial charge is 0.358 e. The monoisotopic (exact) mass is 228 g/mol. The van der Waals surface area contributed by atoms with Gasteiger partial charge in [-0.1, -0.05) is 18.2 Å². The predicted molar refractivity (Wildman–Crippen MR) is 72.3 cm³/mol. The highest BCUT2D eigenvalue weighted by Crippen LogP contribution is 2.18. The summed E-state index contributed by atoms with van der Waals surface area (Å²) in [5, 5.41) is 1.33. The molecule has 0 saturated carbocycles. The third-order valence-corrected chi connectivity index (χ3v) is 3.94. The minimum atomic E-state index is 0.777. The molecule has 1 aromatic heterocycles. The summed E-state index contributed by atoms with van der Waals surface area (Å²) in [4.78, 5) is 6.11. The van der Waals surface area contributed by atoms with Crippen LogP contribution in [-0.4, -0.2) is 29.0 Å². The molecule has 1 aliphatic heterocycles. The van der Waals surface area contributed by atoms with Crippen molar-refractivity contribution in [2.75, 3.05) is 13.1 Å². The average molecular weight is 228 g/mol. The Labute approximate surface area is 103 Å². The van der Waals surface area contributed by atoms with Gasteiger partial charge in [-0.05, 0) is 43.8 Å². The topological polar surface area (TPSA) is 19.0 Å². The Bertz CT molecular complexity index is 467. The summed E-state index contributed by atoms with van der Waals surface area (Å²) >= 11 is 0. The highest BCUT2D eigenvalue weighted by Gasteiger charge is 2.19. The van der Waals surface area contributed by atoms with Gasteiger partial charge in [-0.2, -0.15) is 0 Å². The first-order valence-corrected chi connectivity index (χ1v) is 6.63. The number of fused-ring (bicyclic) bond motifs is 1. The van der Waals surface area contributed by atoms with Crippen molar-refractivity contribution in [3.63, 3.8) is 0 Å². The molecule has 1 aromatic carbocycles. The van der Waals surface area contributed by atoms with Crippen LogP contribution in [0.5, 0.6) is 0 Å². The number of hydrogen-bond acceptors (Lipinski definition) is 1. The predicted octanol–water partition coefficient (Wildman–Crippen LogP) is 3.19. The van der Waals surface area contributed by atoms with E-state index < -0.39 is 0 Å². The van der Waals surface area contributed by atoms with Crippen molar-refractivity contribution in [2.45, 2.75) is 32.2 Å². The van der Waals surface area contributed by atoms with Crippen molar-refractivity contribution in [1.29, 1.82) is 0 Å². The summed E-state index contributed by atoms with van der Waals surface area (Å²) in [5.74, 6) is 0. The van der Waals surface area contributed by atoms with Gasteiger partial charge in [0, 0.05) is 30.2 Å². The fraction of sp³-hybridized carbons (Fsp3) is 0.467. The normalized spacial score (nSPS) is 21.4. The molecule has 17 heavy (non-hydrogen) atoms. The van der Waals surface area contributed by atoms with Crippen LogP contribution in [0, 0.1) is 0 Å². The minimum absolute atomic E-state index is 0.777. The molecule has 0 unspecified atom stereocenters. The first kappa shape index (κ1) is 10.8. The second kappa shape index (κ2) is 4.53. The maximum Gasteiger partial charge on any atom is 0.0456 e. The van der Waals surface area contributed by atoms with Crippen molar-refractivity contribution in [1.82, 2.24) is 9.88 Å². The number of aromatic amines is 1. The van der Waals surface area contributed by atoms with E-state index in [-0.39, 0.29) is 0 Å². The third kappa shape index (κ3) is 2.22. The van der Waals surface area contributed by atoms with E-state index in [0.717, 1.165) is 12.5 Å². The lowest BCUT2D eigenvalue weighted by atomic mass is 10.2. The summed E-state index contributed by atoms with van der Waals surface area (Å²) < 4.78 is 0. The SMILES string of the molecule is C[C@@H]1CCCN1CCc1cc2ccccc2[nH]1. The smallest absolute Gasteiger partial charge is 0.0456 e. The van der Waals surface area contributed by atoms with Gasteiger partial charge < -0.3 is 9.88 Å². The van der Waals surface area contributed by atoms with Gasteiger partial charge in [0.1, 0.15) is 0 Å². The zero-order valence-corrected chi connectivity index (χ0v) is 10.4. The molecular formula is C15H20N2. The Morgan fingerprint density at radius 1 is 1.35 bits per heavy atom. The number of benzene rings is 1. The van der Waals surface area contributed by atoms with Crippen molar-refractivity contribution >= 4 is 10.9 Å². The van der Waals surface area contributed by atoms with E-state index in [0.29, 0.717) is 0 Å². The van der Waals surface area contributed by atoms with Crippen LogP contribution >= 0.6 is 0 Å². The molecule has 1 aliphatic rings. The van der Waals surface area contributed by atoms with Crippen molar-refractivity contribution in [2.24, 2.45) is 0 Å². The van der Waals surface area contributed by atoms with Crippen LogP contribution in [0.4, 0.5) is 0 Å². The lowest BCUT2D eigenvalue weighted by molar-refractivity contribution is 0.271. The Morgan fingerprint density at radius 2 is 2.24 bits per heavy atom. The summed E-state index contributed by atoms with van der Waals surface area (Å²) in [6, 6.07) is 11.6. The molecule has 0 amide bonds. The molecule has 90 valence electrons. The maximum atomic E-state index is 3.51. The number of aromatic nitrogens is 1. The van der Waals surface area contributed by atoms with Crippen molar-refractivity contribution in [3.05, 3.63) is 36.0 Å². The maximum absolute atomic E-state index is 3.51. The highest BCUT2D eigenvalue weighted by molar-refractivity contribution is 5.80. The van der Waals surface area contributed by atoms with E-state index in [1.807, 2.05) is 0 Å². The first-order chi connectivity index (χ1) is 8.33. The quantitative estimate of drug-likeness (QED) is 0.854. The van der Waals surface area contributed by atoms with Gasteiger partial charge in [0.25, 0.3) is 0 Å². The summed E-state index contributed by atoms with van der Waals surface area (Å²) in [7, 11) is 0. The Morgan fingerprint density at radius 3 is 3.00 bits per heavy atom. The van der Waals surface area contributed by atoms with Gasteiger partial charge in [0.05, 0.1) is 0 Å². The van der Waals surface area contributed by atoms with Gasteiger partial charge >= 0.3 is 0 Å². The molecule has 1 N–H and O–H groups in total. The zero-order valence-electron chi connectivity index (χ0n) is 10.4. The summed E-state index contributed by atoms with van der Waals surface area (Å²) in [6.07, 6.45) is 3.87. The fourth-order valence-electron chi connectivity index (χ4n) is 2.86. The molecule has 1 saturated heterocycles. The second-order valence-corrected chi connectivity index (χ2v) is 5.16. The van der Waals surface area contributed by atoms with E-state index in [2.05, 4.69) is 47.1 Å². The molecule has 0 aliphatic carbocycles. The van der Waals surface area contributed by atoms with E-state index in [4.69, 9.17) is 0 Å². The van der Waals surface area contributed by atoms with Crippen LogP contribution in [0.2, 0.25) is 0 Å². The van der Waals surface area contributed by atoms with Gasteiger partial charge in [0.15, 0.2) is 0 Å². The fourth-order valence-corrected chi connectivity index (χ4v) is 2.86. The Kier molecular flexibility index (Phi) is 2.89. The number of H-pyrrole nitrogens is 1. The molecule has 2 nitrogen and oxygen atoms in total. The number of nitrogens with one attached hydrogen (secondary N) is 1. The number of nitrogens with zero attached hydrogens (tertiary/aromatic N) is 1. The number of rotatable bonds is 3. The van der Waals surface area contributed by atoms with Crippen LogP contribution in [-0.2, 0) is 6.42 Å². The number of para-hydroxylation sites is 1. The standard InChI is InChI=1S/C15H20N2/c1-12-5-4-9-17(12)10-8-14-11-13-6-2-3-7-15(13)16-14/h2-3,6-7,11-12,16H,4-5,8-10H2,1H3/t12-/m1/s1. The summed E-state index contributed by atoms with van der Waals surface area (Å²) in [6.45, 7) is 4.81. The third-order valence-electron chi connectivity index (χ3n) is 3.94. The van der Waals surface area contributed by atoms with Gasteiger partial charge in [0.2, 0.25) is 0 Å². The highest BCUT2D eigenvalue weighted by atomic mass is 15.2. The van der Waals surface area contributed by atoms with E-state index in [1.165, 1.54) is 42.5 Å². The van der Waals surface area contributed by atoms with Crippen molar-refractivity contribution < 1.29 is 0 Å². The van der Waals surface area contributed by atoms with E-state index in [9.17, 15) is 0 Å². The van der Waals surface area contributed by atoms with Gasteiger partial charge in [-0.25, -0.2) is 0 Å². The molecule has 0 radical (unpaired) electrons. The molecule has 2 aromatic rings. The van der Waals surface area contributed by atoms with Crippen LogP contribution < -0.4 is 0 Å². The van der Waals surface area contributed by atoms with Gasteiger partial charge in [-0.15, -0.1) is 0 Å². The molecule has 1 atom stereocenters. The molecule has 1 fully saturated rings. The van der Waals surface area contributed by atoms with E-state index in [1.54, 1.807) is 0 Å². The molecule has 0 spiro atoms. The molecule has 2 heterocycles. The molecule has 0 bridgehead atoms. The molecular weight excluding hydrogens is 208 g/mol. The summed E-state index contributed by atoms with van der Waals surface area (Å²) in [5.41, 5.74) is 2.63. The second-order valence-electron chi connectivity index (χ2n) is 5.16. The van der Waals surface area contributed by atoms with Crippen LogP contribution in [0.15, 0.2) is 30.3 Å². The van der Waals surface area contributed by atoms with Crippen LogP contribution in [0.3, 0.4) is 0 Å². The Hall–Kier alpha value is -1.28. The molecule has 3 rings (SSSR count). The number of hydrogen-bond donors (Lipinski definition) is 1. The van der Waals surface area contributed by atoms with Gasteiger partial charge in [-0.3, -0.25) is 0 Å². The molecule has 2 heteroatoms. The lowest BCUT2D eigenvalue weighted by Gasteiger charge is -2.20. The van der Waals surface area contributed by atoms with Crippen molar-refractivity contribution in [3.8, 4) is 0 Å². The minimum Gasteiger partial charge on any atom is -0.358 e. The Balaban J connectivity index is 1.68. The number of likely N-dealkylation sites (tertiary alicyclic amines) is 1. The van der Waals surface area contributed by atoms with Crippen LogP contribution in [0.25, 0.3) is 10.9 Å². The van der Waals surface area contributed by atoms with E-state index >= 15 is 0 Å². The lowest BCUT2D eigenvalue weighted by Crippen LogP contribution is -2.29.